The lowest BCUT2D eigenvalue weighted by Gasteiger charge is -2.16. The van der Waals surface area contributed by atoms with Gasteiger partial charge in [-0.05, 0) is 252 Å². The van der Waals surface area contributed by atoms with Gasteiger partial charge in [0.05, 0.1) is 66.2 Å². The highest BCUT2D eigenvalue weighted by Crippen LogP contribution is 2.49. The second-order valence-corrected chi connectivity index (χ2v) is 38.8. The summed E-state index contributed by atoms with van der Waals surface area (Å²) >= 11 is 0. The van der Waals surface area contributed by atoms with Gasteiger partial charge in [0.15, 0.2) is 0 Å². The van der Waals surface area contributed by atoms with Gasteiger partial charge in [0.25, 0.3) is 0 Å². The molecule has 150 heavy (non-hydrogen) atoms. The van der Waals surface area contributed by atoms with E-state index in [9.17, 15) is 0 Å². The third-order valence-electron chi connectivity index (χ3n) is 30.4. The number of rotatable bonds is 15. The van der Waals surface area contributed by atoms with Crippen molar-refractivity contribution < 1.29 is 0 Å². The topological polar surface area (TPSA) is 29.6 Å². The summed E-state index contributed by atoms with van der Waals surface area (Å²) < 4.78 is 14.3. The molecule has 0 aliphatic carbocycles. The predicted octanol–water partition coefficient (Wildman–Crippen LogP) is 38.6. The maximum atomic E-state index is 2.39. The zero-order valence-electron chi connectivity index (χ0n) is 82.1. The molecule has 0 spiro atoms. The Bertz CT molecular complexity index is 10200. The Kier molecular flexibility index (Phi) is 21.9. The van der Waals surface area contributed by atoms with Crippen LogP contribution in [0.15, 0.2) is 582 Å². The molecule has 0 aliphatic heterocycles. The Balaban J connectivity index is 0.000000108. The van der Waals surface area contributed by atoms with E-state index in [1.54, 1.807) is 0 Å². The molecule has 24 aromatic carbocycles. The number of para-hydroxylation sites is 12. The fraction of sp³-hybridized carbons (Fsp3) is 0. The molecule has 0 bridgehead atoms. The number of nitrogens with zero attached hydrogens (tertiary/aromatic N) is 6. The van der Waals surface area contributed by atoms with E-state index >= 15 is 0 Å². The molecule has 6 aromatic heterocycles. The van der Waals surface area contributed by atoms with Crippen LogP contribution in [-0.2, 0) is 0 Å². The van der Waals surface area contributed by atoms with Crippen molar-refractivity contribution >= 4 is 131 Å². The molecule has 6 nitrogen and oxygen atoms in total. The number of benzene rings is 24. The van der Waals surface area contributed by atoms with Gasteiger partial charge in [0.1, 0.15) is 0 Å². The lowest BCUT2D eigenvalue weighted by atomic mass is 9.89. The van der Waals surface area contributed by atoms with Gasteiger partial charge in [-0.15, -0.1) is 0 Å². The first-order valence-corrected chi connectivity index (χ1v) is 51.6. The SMILES string of the molecule is c1ccc(-n2c3ccccc3c3cc(-c4ccccc4-c4ccccc4-c4ccc5c6ccccc6n(-c6ccccc6)c5c4)ccc32)cc1.c1ccc(-n2c3ccccc3c3ccc(-c4ccccc4-c4ccccc4-c4ccc(-n5c6ccccc6c6ccccc65)cc4)cc32)cc1.c1ccc(-n2c3ccccc3c3ccc(-c4ccccc4-c4ccccc4-c4ccc5c6ccccc6n(-c6ccccc6)c5c4)cc32)cc1. The molecule has 6 heteroatoms. The van der Waals surface area contributed by atoms with Crippen LogP contribution in [0.5, 0.6) is 0 Å². The first kappa shape index (κ1) is 87.8. The average Bonchev–Trinajstić information content (AvgIpc) is 1.59. The van der Waals surface area contributed by atoms with E-state index in [4.69, 9.17) is 0 Å². The molecule has 0 saturated carbocycles. The largest absolute Gasteiger partial charge is 0.309 e. The van der Waals surface area contributed by atoms with E-state index in [0.29, 0.717) is 0 Å². The number of hydrogen-bond acceptors (Lipinski definition) is 0. The van der Waals surface area contributed by atoms with Gasteiger partial charge in [-0.2, -0.15) is 0 Å². The van der Waals surface area contributed by atoms with Gasteiger partial charge in [-0.1, -0.05) is 431 Å². The molecule has 30 aromatic rings. The number of hydrogen-bond donors (Lipinski definition) is 0. The molecule has 0 radical (unpaired) electrons. The minimum absolute atomic E-state index is 1.16. The quantitative estimate of drug-likeness (QED) is 0.0979. The van der Waals surface area contributed by atoms with Crippen LogP contribution >= 0.6 is 0 Å². The zero-order chi connectivity index (χ0) is 99.1. The first-order chi connectivity index (χ1) is 74.5. The maximum Gasteiger partial charge on any atom is 0.0547 e. The molecule has 0 unspecified atom stereocenters. The maximum absolute atomic E-state index is 2.39. The summed E-state index contributed by atoms with van der Waals surface area (Å²) in [6.45, 7) is 0. The van der Waals surface area contributed by atoms with E-state index in [0.717, 1.165) is 17.1 Å². The smallest absolute Gasteiger partial charge is 0.0547 e. The van der Waals surface area contributed by atoms with Gasteiger partial charge in [0.2, 0.25) is 0 Å². The normalized spacial score (nSPS) is 11.6. The second-order valence-electron chi connectivity index (χ2n) is 38.8. The predicted molar refractivity (Wildman–Crippen MR) is 634 cm³/mol. The highest BCUT2D eigenvalue weighted by molar-refractivity contribution is 6.17. The fourth-order valence-corrected chi connectivity index (χ4v) is 23.8. The Labute approximate surface area is 868 Å². The van der Waals surface area contributed by atoms with Crippen molar-refractivity contribution in [3.63, 3.8) is 0 Å². The van der Waals surface area contributed by atoms with E-state index in [1.165, 1.54) is 248 Å². The van der Waals surface area contributed by atoms with Crippen LogP contribution < -0.4 is 0 Å². The van der Waals surface area contributed by atoms with E-state index in [-0.39, 0.29) is 0 Å². The van der Waals surface area contributed by atoms with Crippen LogP contribution in [0, 0.1) is 0 Å². The van der Waals surface area contributed by atoms with Crippen LogP contribution in [0.2, 0.25) is 0 Å². The van der Waals surface area contributed by atoms with E-state index < -0.39 is 0 Å². The molecule has 0 fully saturated rings. The van der Waals surface area contributed by atoms with E-state index in [1.807, 2.05) is 0 Å². The van der Waals surface area contributed by atoms with Gasteiger partial charge >= 0.3 is 0 Å². The summed E-state index contributed by atoms with van der Waals surface area (Å²) in [5.74, 6) is 0. The molecule has 0 saturated heterocycles. The number of aromatic nitrogens is 6. The monoisotopic (exact) mass is 1910 g/mol. The van der Waals surface area contributed by atoms with Crippen LogP contribution in [-0.4, -0.2) is 27.4 Å². The van der Waals surface area contributed by atoms with Gasteiger partial charge in [-0.25, -0.2) is 0 Å². The van der Waals surface area contributed by atoms with Crippen LogP contribution in [0.1, 0.15) is 0 Å². The Hall–Kier alpha value is -19.9. The minimum atomic E-state index is 1.16. The van der Waals surface area contributed by atoms with Crippen LogP contribution in [0.4, 0.5) is 0 Å². The second kappa shape index (κ2) is 37.4. The van der Waals surface area contributed by atoms with E-state index in [2.05, 4.69) is 610 Å². The van der Waals surface area contributed by atoms with Crippen molar-refractivity contribution in [3.8, 4) is 134 Å². The average molecular weight is 1910 g/mol. The van der Waals surface area contributed by atoms with Gasteiger partial charge in [-0.3, -0.25) is 0 Å². The van der Waals surface area contributed by atoms with Gasteiger partial charge in [0, 0.05) is 98.8 Å². The van der Waals surface area contributed by atoms with Gasteiger partial charge < -0.3 is 27.4 Å². The first-order valence-electron chi connectivity index (χ1n) is 51.6. The molecule has 6 heterocycles. The molecule has 0 N–H and O–H groups in total. The van der Waals surface area contributed by atoms with Crippen molar-refractivity contribution in [2.24, 2.45) is 0 Å². The van der Waals surface area contributed by atoms with Crippen molar-refractivity contribution in [1.29, 1.82) is 0 Å². The standard InChI is InChI=1S/3C48H32N2/c1-3-15-35(16-4-1)49-46-26-14-12-24-42(46)44-31-33(28-30-47(44)49)37-19-7-9-21-39(37)40-22-10-8-20-38(40)34-27-29-43-41-23-11-13-25-45(41)50(48(43)32-34)36-17-5-2-6-18-36;1-3-15-35(16-4-1)49-45-25-13-11-23-41(45)43-29-27-33(31-47(43)49)37-19-7-9-21-39(37)40-22-10-8-20-38(40)34-28-30-44-42-24-12-14-26-46(42)50(48(44)32-34)36-17-5-2-6-18-36;1-2-14-35(15-3-1)50-47-25-13-10-22-43(47)44-31-28-34(32-48(44)50)38-17-5-7-19-40(38)39-18-6-4-16-37(39)33-26-29-36(30-27-33)49-45-23-11-8-20-41(45)42-21-9-12-24-46(42)49/h3*1-32H. The fourth-order valence-electron chi connectivity index (χ4n) is 23.8. The minimum Gasteiger partial charge on any atom is -0.309 e. The summed E-state index contributed by atoms with van der Waals surface area (Å²) in [5, 5.41) is 15.1. The lowest BCUT2D eigenvalue weighted by Crippen LogP contribution is -1.94. The molecule has 702 valence electrons. The summed E-state index contributed by atoms with van der Waals surface area (Å²) in [4.78, 5) is 0. The highest BCUT2D eigenvalue weighted by atomic mass is 15.0. The summed E-state index contributed by atoms with van der Waals surface area (Å²) in [6, 6.07) is 211. The lowest BCUT2D eigenvalue weighted by molar-refractivity contribution is 1.18. The summed E-state index contributed by atoms with van der Waals surface area (Å²) in [6.07, 6.45) is 0. The third kappa shape index (κ3) is 15.1. The summed E-state index contributed by atoms with van der Waals surface area (Å²) in [5.41, 5.74) is 43.3. The number of fused-ring (bicyclic) bond motifs is 18. The zero-order valence-corrected chi connectivity index (χ0v) is 82.1. The molecule has 0 amide bonds. The molecular formula is C144H96N6. The molecular weight excluding hydrogens is 1810 g/mol. The van der Waals surface area contributed by atoms with Crippen molar-refractivity contribution in [2.45, 2.75) is 0 Å². The van der Waals surface area contributed by atoms with Crippen molar-refractivity contribution in [1.82, 2.24) is 27.4 Å². The molecule has 30 rings (SSSR count). The third-order valence-corrected chi connectivity index (χ3v) is 30.4. The van der Waals surface area contributed by atoms with Crippen LogP contribution in [0.25, 0.3) is 265 Å². The molecule has 0 atom stereocenters. The van der Waals surface area contributed by atoms with Crippen LogP contribution in [0.3, 0.4) is 0 Å². The van der Waals surface area contributed by atoms with Crippen molar-refractivity contribution in [2.75, 3.05) is 0 Å². The highest BCUT2D eigenvalue weighted by Gasteiger charge is 2.26. The van der Waals surface area contributed by atoms with Crippen molar-refractivity contribution in [3.05, 3.63) is 582 Å². The Morgan fingerprint density at radius 3 is 0.460 bits per heavy atom. The Morgan fingerprint density at radius 2 is 0.227 bits per heavy atom. The Morgan fingerprint density at radius 1 is 0.0800 bits per heavy atom. The summed E-state index contributed by atoms with van der Waals surface area (Å²) in [7, 11) is 0. The molecule has 0 aliphatic rings.